The van der Waals surface area contributed by atoms with Crippen LogP contribution in [0.4, 0.5) is 0 Å². The minimum absolute atomic E-state index is 0.161. The first kappa shape index (κ1) is 12.6. The Kier molecular flexibility index (Phi) is 4.57. The number of amides is 1. The van der Waals surface area contributed by atoms with Crippen LogP contribution in [0.5, 0.6) is 0 Å². The summed E-state index contributed by atoms with van der Waals surface area (Å²) in [6, 6.07) is 2.34. The lowest BCUT2D eigenvalue weighted by molar-refractivity contribution is -0.126. The van der Waals surface area contributed by atoms with Crippen LogP contribution in [0.1, 0.15) is 25.3 Å². The molecule has 94 valence electrons. The first-order chi connectivity index (χ1) is 8.25. The van der Waals surface area contributed by atoms with E-state index in [2.05, 4.69) is 34.4 Å². The summed E-state index contributed by atoms with van der Waals surface area (Å²) >= 11 is 1.71. The molecule has 1 saturated heterocycles. The number of hydrogen-bond acceptors (Lipinski definition) is 3. The molecule has 0 aromatic carbocycles. The molecule has 1 aliphatic rings. The van der Waals surface area contributed by atoms with E-state index in [1.807, 2.05) is 0 Å². The molecule has 4 heteroatoms. The van der Waals surface area contributed by atoms with Gasteiger partial charge in [-0.1, -0.05) is 0 Å². The van der Waals surface area contributed by atoms with Crippen molar-refractivity contribution >= 4 is 17.2 Å². The molecule has 1 aromatic rings. The smallest absolute Gasteiger partial charge is 0.224 e. The number of carbonyl (C=O) groups is 1. The monoisotopic (exact) mass is 252 g/mol. The maximum atomic E-state index is 12.0. The fraction of sp³-hybridized carbons (Fsp3) is 0.615. The minimum atomic E-state index is 0.161. The molecule has 1 aliphatic heterocycles. The minimum Gasteiger partial charge on any atom is -0.353 e. The Morgan fingerprint density at radius 1 is 1.71 bits per heavy atom. The van der Waals surface area contributed by atoms with E-state index in [0.717, 1.165) is 32.4 Å². The van der Waals surface area contributed by atoms with Crippen LogP contribution in [0.2, 0.25) is 0 Å². The van der Waals surface area contributed by atoms with Gasteiger partial charge in [-0.3, -0.25) is 4.79 Å². The van der Waals surface area contributed by atoms with E-state index in [1.54, 1.807) is 11.3 Å². The van der Waals surface area contributed by atoms with Crippen molar-refractivity contribution in [1.82, 2.24) is 10.6 Å². The lowest BCUT2D eigenvalue weighted by Gasteiger charge is -2.24. The third kappa shape index (κ3) is 3.82. The van der Waals surface area contributed by atoms with E-state index < -0.39 is 0 Å². The molecular weight excluding hydrogens is 232 g/mol. The highest BCUT2D eigenvalue weighted by Gasteiger charge is 2.21. The van der Waals surface area contributed by atoms with Gasteiger partial charge in [-0.25, -0.2) is 0 Å². The van der Waals surface area contributed by atoms with Gasteiger partial charge in [0.05, 0.1) is 5.92 Å². The molecule has 0 aliphatic carbocycles. The number of carbonyl (C=O) groups excluding carboxylic acids is 1. The van der Waals surface area contributed by atoms with Crippen LogP contribution in [0.3, 0.4) is 0 Å². The van der Waals surface area contributed by atoms with E-state index >= 15 is 0 Å². The summed E-state index contributed by atoms with van der Waals surface area (Å²) in [4.78, 5) is 12.0. The Labute approximate surface area is 107 Å². The lowest BCUT2D eigenvalue weighted by atomic mass is 9.98. The summed E-state index contributed by atoms with van der Waals surface area (Å²) in [7, 11) is 0. The quantitative estimate of drug-likeness (QED) is 0.858. The van der Waals surface area contributed by atoms with E-state index in [-0.39, 0.29) is 17.9 Å². The summed E-state index contributed by atoms with van der Waals surface area (Å²) in [6.07, 6.45) is 3.05. The fourth-order valence-corrected chi connectivity index (χ4v) is 2.93. The third-order valence-electron chi connectivity index (χ3n) is 3.18. The van der Waals surface area contributed by atoms with E-state index in [9.17, 15) is 4.79 Å². The predicted molar refractivity (Wildman–Crippen MR) is 71.2 cm³/mol. The van der Waals surface area contributed by atoms with Crippen molar-refractivity contribution in [2.24, 2.45) is 5.92 Å². The number of hydrogen-bond donors (Lipinski definition) is 2. The summed E-state index contributed by atoms with van der Waals surface area (Å²) in [6.45, 7) is 3.96. The van der Waals surface area contributed by atoms with Gasteiger partial charge in [-0.2, -0.15) is 11.3 Å². The largest absolute Gasteiger partial charge is 0.353 e. The number of rotatable bonds is 4. The summed E-state index contributed by atoms with van der Waals surface area (Å²) in [5.74, 6) is 0.369. The van der Waals surface area contributed by atoms with E-state index in [1.165, 1.54) is 5.56 Å². The predicted octanol–water partition coefficient (Wildman–Crippen LogP) is 1.79. The first-order valence-electron chi connectivity index (χ1n) is 6.28. The molecule has 2 N–H and O–H groups in total. The van der Waals surface area contributed by atoms with Crippen molar-refractivity contribution in [3.63, 3.8) is 0 Å². The highest BCUT2D eigenvalue weighted by atomic mass is 32.1. The molecule has 2 heterocycles. The molecule has 1 fully saturated rings. The van der Waals surface area contributed by atoms with Crippen LogP contribution < -0.4 is 10.6 Å². The molecular formula is C13H20N2OS. The zero-order valence-corrected chi connectivity index (χ0v) is 11.1. The molecule has 1 aromatic heterocycles. The number of piperidine rings is 1. The third-order valence-corrected chi connectivity index (χ3v) is 3.91. The Bertz CT molecular complexity index is 344. The van der Waals surface area contributed by atoms with Crippen molar-refractivity contribution in [1.29, 1.82) is 0 Å². The SMILES string of the molecule is CC(Cc1ccsc1)NC(=O)[C@H]1CCCNC1. The molecule has 2 atom stereocenters. The van der Waals surface area contributed by atoms with Gasteiger partial charge in [0.2, 0.25) is 5.91 Å². The topological polar surface area (TPSA) is 41.1 Å². The van der Waals surface area contributed by atoms with E-state index in [0.29, 0.717) is 0 Å². The molecule has 1 amide bonds. The standard InChI is InChI=1S/C13H20N2OS/c1-10(7-11-4-6-17-9-11)15-13(16)12-3-2-5-14-8-12/h4,6,9-10,12,14H,2-3,5,7-8H2,1H3,(H,15,16)/t10?,12-/m0/s1. The summed E-state index contributed by atoms with van der Waals surface area (Å²) in [5.41, 5.74) is 1.31. The molecule has 1 unspecified atom stereocenters. The van der Waals surface area contributed by atoms with Gasteiger partial charge < -0.3 is 10.6 Å². The average molecular weight is 252 g/mol. The second-order valence-corrected chi connectivity index (χ2v) is 5.57. The highest BCUT2D eigenvalue weighted by molar-refractivity contribution is 7.07. The van der Waals surface area contributed by atoms with E-state index in [4.69, 9.17) is 0 Å². The maximum absolute atomic E-state index is 12.0. The van der Waals surface area contributed by atoms with Crippen molar-refractivity contribution in [3.05, 3.63) is 22.4 Å². The van der Waals surface area contributed by atoms with Gasteiger partial charge in [0.1, 0.15) is 0 Å². The van der Waals surface area contributed by atoms with Gasteiger partial charge in [0, 0.05) is 12.6 Å². The van der Waals surface area contributed by atoms with Crippen LogP contribution in [0.15, 0.2) is 16.8 Å². The highest BCUT2D eigenvalue weighted by Crippen LogP contribution is 2.12. The Morgan fingerprint density at radius 3 is 3.24 bits per heavy atom. The Balaban J connectivity index is 1.77. The molecule has 0 saturated carbocycles. The molecule has 2 rings (SSSR count). The van der Waals surface area contributed by atoms with Gasteiger partial charge in [0.15, 0.2) is 0 Å². The lowest BCUT2D eigenvalue weighted by Crippen LogP contribution is -2.44. The van der Waals surface area contributed by atoms with Crippen LogP contribution in [-0.2, 0) is 11.2 Å². The van der Waals surface area contributed by atoms with Gasteiger partial charge in [-0.05, 0) is 55.1 Å². The first-order valence-corrected chi connectivity index (χ1v) is 7.22. The Morgan fingerprint density at radius 2 is 2.59 bits per heavy atom. The fourth-order valence-electron chi connectivity index (χ4n) is 2.25. The normalized spacial score (nSPS) is 22.1. The van der Waals surface area contributed by atoms with Crippen molar-refractivity contribution < 1.29 is 4.79 Å². The van der Waals surface area contributed by atoms with Gasteiger partial charge in [-0.15, -0.1) is 0 Å². The van der Waals surface area contributed by atoms with Gasteiger partial charge >= 0.3 is 0 Å². The second kappa shape index (κ2) is 6.17. The second-order valence-electron chi connectivity index (χ2n) is 4.79. The molecule has 0 radical (unpaired) electrons. The summed E-state index contributed by atoms with van der Waals surface area (Å²) in [5, 5.41) is 10.6. The number of thiophene rings is 1. The average Bonchev–Trinajstić information content (AvgIpc) is 2.82. The molecule has 17 heavy (non-hydrogen) atoms. The van der Waals surface area contributed by atoms with Crippen molar-refractivity contribution in [2.45, 2.75) is 32.2 Å². The van der Waals surface area contributed by atoms with Crippen LogP contribution >= 0.6 is 11.3 Å². The molecule has 3 nitrogen and oxygen atoms in total. The zero-order valence-electron chi connectivity index (χ0n) is 10.2. The van der Waals surface area contributed by atoms with Crippen LogP contribution in [-0.4, -0.2) is 25.0 Å². The maximum Gasteiger partial charge on any atom is 0.224 e. The van der Waals surface area contributed by atoms with Crippen molar-refractivity contribution in [2.75, 3.05) is 13.1 Å². The summed E-state index contributed by atoms with van der Waals surface area (Å²) < 4.78 is 0. The molecule has 0 spiro atoms. The molecule has 0 bridgehead atoms. The van der Waals surface area contributed by atoms with Gasteiger partial charge in [0.25, 0.3) is 0 Å². The van der Waals surface area contributed by atoms with Crippen LogP contribution in [0, 0.1) is 5.92 Å². The number of nitrogens with one attached hydrogen (secondary N) is 2. The van der Waals surface area contributed by atoms with Crippen molar-refractivity contribution in [3.8, 4) is 0 Å². The zero-order chi connectivity index (χ0) is 12.1. The van der Waals surface area contributed by atoms with Crippen LogP contribution in [0.25, 0.3) is 0 Å². The Hall–Kier alpha value is -0.870.